The van der Waals surface area contributed by atoms with Gasteiger partial charge in [0, 0.05) is 0 Å². The first-order chi connectivity index (χ1) is 5.16. The Kier molecular flexibility index (Phi) is 2.98. The molecule has 0 aromatic rings. The minimum atomic E-state index is -0.702. The Morgan fingerprint density at radius 3 is 2.45 bits per heavy atom. The number of aliphatic hydroxyl groups is 2. The van der Waals surface area contributed by atoms with E-state index in [1.807, 2.05) is 6.82 Å². The molecule has 11 heavy (non-hydrogen) atoms. The summed E-state index contributed by atoms with van der Waals surface area (Å²) in [5.41, 5.74) is 0. The minimum absolute atomic E-state index is 0.162. The van der Waals surface area contributed by atoms with Crippen LogP contribution in [-0.2, 0) is 4.74 Å². The van der Waals surface area contributed by atoms with Gasteiger partial charge in [-0.25, -0.2) is 0 Å². The lowest BCUT2D eigenvalue weighted by Gasteiger charge is -2.12. The average molecular weight is 156 g/mol. The van der Waals surface area contributed by atoms with Crippen LogP contribution >= 0.6 is 0 Å². The number of hydrogen-bond donors (Lipinski definition) is 2. The fourth-order valence-corrected chi connectivity index (χ4v) is 1.46. The molecule has 1 rings (SSSR count). The summed E-state index contributed by atoms with van der Waals surface area (Å²) in [6.07, 6.45) is -0.732. The Hall–Kier alpha value is 0.00987. The van der Waals surface area contributed by atoms with Crippen LogP contribution in [0.4, 0.5) is 0 Å². The van der Waals surface area contributed by atoms with Crippen LogP contribution in [0.15, 0.2) is 0 Å². The summed E-state index contributed by atoms with van der Waals surface area (Å²) < 4.78 is 5.33. The maximum atomic E-state index is 9.38. The van der Waals surface area contributed by atoms with Gasteiger partial charge < -0.3 is 14.9 Å². The minimum Gasteiger partial charge on any atom is -0.388 e. The van der Waals surface area contributed by atoms with Crippen molar-refractivity contribution in [2.75, 3.05) is 0 Å². The lowest BCUT2D eigenvalue weighted by Crippen LogP contribution is -2.32. The molecule has 1 saturated heterocycles. The summed E-state index contributed by atoms with van der Waals surface area (Å²) in [5.74, 6) is 0. The normalized spacial score (nSPS) is 44.3. The molecule has 1 aliphatic heterocycles. The summed E-state index contributed by atoms with van der Waals surface area (Å²) in [6.45, 7) is 2.03. The monoisotopic (exact) mass is 156 g/mol. The molecule has 0 aromatic heterocycles. The second-order valence-corrected chi connectivity index (χ2v) is 3.15. The smallest absolute Gasteiger partial charge is 0.142 e. The van der Waals surface area contributed by atoms with Gasteiger partial charge in [0.15, 0.2) is 0 Å². The molecule has 1 aliphatic rings. The Labute approximate surface area is 68.4 Å². The van der Waals surface area contributed by atoms with Crippen molar-refractivity contribution in [3.05, 3.63) is 0 Å². The standard InChI is InChI=1S/C6H14B2O3/c1-8-2-3-4(9)5(10)6(7)11-3/h3-6,8-10H,2,7H2,1H3. The van der Waals surface area contributed by atoms with Gasteiger partial charge in [-0.15, -0.1) is 0 Å². The second kappa shape index (κ2) is 3.61. The summed E-state index contributed by atoms with van der Waals surface area (Å²) in [7, 11) is 2.75. The molecule has 0 aliphatic carbocycles. The first kappa shape index (κ1) is 9.10. The summed E-state index contributed by atoms with van der Waals surface area (Å²) in [6, 6.07) is -0.221. The SMILES string of the molecule is BC1OC(CBC)C(O)C1O. The summed E-state index contributed by atoms with van der Waals surface area (Å²) in [5, 5.41) is 18.7. The number of rotatable bonds is 2. The van der Waals surface area contributed by atoms with E-state index in [1.54, 1.807) is 7.85 Å². The average Bonchev–Trinajstić information content (AvgIpc) is 2.19. The molecule has 1 heterocycles. The summed E-state index contributed by atoms with van der Waals surface area (Å²) in [4.78, 5) is 0. The van der Waals surface area contributed by atoms with E-state index < -0.39 is 12.2 Å². The zero-order valence-corrected chi connectivity index (χ0v) is 7.03. The first-order valence-electron chi connectivity index (χ1n) is 4.18. The molecule has 2 N–H and O–H groups in total. The molecule has 4 atom stereocenters. The Balaban J connectivity index is 2.45. The van der Waals surface area contributed by atoms with Crippen molar-refractivity contribution in [1.29, 1.82) is 0 Å². The van der Waals surface area contributed by atoms with Crippen LogP contribution in [0, 0.1) is 0 Å². The van der Waals surface area contributed by atoms with Crippen LogP contribution in [0.3, 0.4) is 0 Å². The van der Waals surface area contributed by atoms with Crippen molar-refractivity contribution in [2.24, 2.45) is 0 Å². The number of aliphatic hydroxyl groups excluding tert-OH is 2. The third-order valence-electron chi connectivity index (χ3n) is 2.17. The molecule has 0 saturated carbocycles. The van der Waals surface area contributed by atoms with Gasteiger partial charge in [0.2, 0.25) is 0 Å². The van der Waals surface area contributed by atoms with Crippen LogP contribution < -0.4 is 0 Å². The highest BCUT2D eigenvalue weighted by Crippen LogP contribution is 2.21. The molecule has 0 bridgehead atoms. The highest BCUT2D eigenvalue weighted by atomic mass is 16.5. The molecule has 0 amide bonds. The largest absolute Gasteiger partial charge is 0.388 e. The zero-order chi connectivity index (χ0) is 8.43. The van der Waals surface area contributed by atoms with Crippen molar-refractivity contribution in [3.63, 3.8) is 0 Å². The molecule has 0 spiro atoms. The van der Waals surface area contributed by atoms with Crippen LogP contribution in [0.1, 0.15) is 0 Å². The zero-order valence-electron chi connectivity index (χ0n) is 7.03. The molecular weight excluding hydrogens is 142 g/mol. The molecule has 4 unspecified atom stereocenters. The quantitative estimate of drug-likeness (QED) is 0.453. The van der Waals surface area contributed by atoms with Gasteiger partial charge >= 0.3 is 0 Å². The van der Waals surface area contributed by atoms with Gasteiger partial charge in [-0.3, -0.25) is 0 Å². The maximum Gasteiger partial charge on any atom is 0.142 e. The van der Waals surface area contributed by atoms with Crippen molar-refractivity contribution in [2.45, 2.75) is 37.5 Å². The van der Waals surface area contributed by atoms with Crippen LogP contribution in [0.2, 0.25) is 13.1 Å². The van der Waals surface area contributed by atoms with Crippen LogP contribution in [0.25, 0.3) is 0 Å². The molecular formula is C6H14B2O3. The molecule has 0 aromatic carbocycles. The van der Waals surface area contributed by atoms with Gasteiger partial charge in [-0.05, 0) is 6.32 Å². The Morgan fingerprint density at radius 2 is 2.09 bits per heavy atom. The van der Waals surface area contributed by atoms with Crippen molar-refractivity contribution >= 4 is 15.1 Å². The highest BCUT2D eigenvalue weighted by molar-refractivity contribution is 6.33. The van der Waals surface area contributed by atoms with E-state index in [0.717, 1.165) is 13.6 Å². The third-order valence-corrected chi connectivity index (χ3v) is 2.17. The fourth-order valence-electron chi connectivity index (χ4n) is 1.46. The van der Waals surface area contributed by atoms with Gasteiger partial charge in [0.1, 0.15) is 27.3 Å². The van der Waals surface area contributed by atoms with Crippen molar-refractivity contribution in [3.8, 4) is 0 Å². The lowest BCUT2D eigenvalue weighted by molar-refractivity contribution is 0.0318. The Morgan fingerprint density at radius 1 is 1.45 bits per heavy atom. The number of ether oxygens (including phenoxy) is 1. The predicted molar refractivity (Wildman–Crippen MR) is 47.0 cm³/mol. The molecule has 3 nitrogen and oxygen atoms in total. The topological polar surface area (TPSA) is 49.7 Å². The fraction of sp³-hybridized carbons (Fsp3) is 1.00. The van der Waals surface area contributed by atoms with E-state index >= 15 is 0 Å². The lowest BCUT2D eigenvalue weighted by atomic mass is 9.74. The van der Waals surface area contributed by atoms with Gasteiger partial charge in [0.05, 0.1) is 12.1 Å². The molecule has 1 fully saturated rings. The van der Waals surface area contributed by atoms with Gasteiger partial charge in [-0.2, -0.15) is 0 Å². The van der Waals surface area contributed by atoms with E-state index in [2.05, 4.69) is 0 Å². The summed E-state index contributed by atoms with van der Waals surface area (Å²) >= 11 is 0. The predicted octanol–water partition coefficient (Wildman–Crippen LogP) is -2.03. The third kappa shape index (κ3) is 1.78. The van der Waals surface area contributed by atoms with Crippen LogP contribution in [0.5, 0.6) is 0 Å². The Bertz CT molecular complexity index is 133. The number of hydrogen-bond acceptors (Lipinski definition) is 3. The van der Waals surface area contributed by atoms with Crippen molar-refractivity contribution in [1.82, 2.24) is 0 Å². The van der Waals surface area contributed by atoms with E-state index in [1.165, 1.54) is 0 Å². The van der Waals surface area contributed by atoms with Crippen LogP contribution in [-0.4, -0.2) is 49.7 Å². The van der Waals surface area contributed by atoms with E-state index in [9.17, 15) is 10.2 Å². The maximum absolute atomic E-state index is 9.38. The highest BCUT2D eigenvalue weighted by Gasteiger charge is 2.38. The van der Waals surface area contributed by atoms with Gasteiger partial charge in [0.25, 0.3) is 0 Å². The molecule has 62 valence electrons. The van der Waals surface area contributed by atoms with Crippen molar-refractivity contribution < 1.29 is 14.9 Å². The second-order valence-electron chi connectivity index (χ2n) is 3.15. The van der Waals surface area contributed by atoms with E-state index in [0.29, 0.717) is 0 Å². The molecule has 0 radical (unpaired) electrons. The van der Waals surface area contributed by atoms with Gasteiger partial charge in [-0.1, -0.05) is 6.82 Å². The van der Waals surface area contributed by atoms with E-state index in [-0.39, 0.29) is 12.1 Å². The first-order valence-corrected chi connectivity index (χ1v) is 4.18. The van der Waals surface area contributed by atoms with E-state index in [4.69, 9.17) is 4.74 Å². The molecule has 5 heteroatoms.